The molecule has 1 fully saturated rings. The van der Waals surface area contributed by atoms with Crippen molar-refractivity contribution in [2.24, 2.45) is 5.92 Å². The lowest BCUT2D eigenvalue weighted by Crippen LogP contribution is -2.59. The number of halogens is 1. The second kappa shape index (κ2) is 30.0. The smallest absolute Gasteiger partial charge is 0.408 e. The summed E-state index contributed by atoms with van der Waals surface area (Å²) in [7, 11) is 0. The van der Waals surface area contributed by atoms with E-state index in [9.17, 15) is 43.2 Å². The van der Waals surface area contributed by atoms with Crippen molar-refractivity contribution in [2.75, 3.05) is 19.6 Å². The number of amides is 8. The lowest BCUT2D eigenvalue weighted by atomic mass is 9.90. The molecular formula is C61H80ClN9O12. The second-order valence-electron chi connectivity index (χ2n) is 22.6. The van der Waals surface area contributed by atoms with Crippen molar-refractivity contribution in [2.45, 2.75) is 168 Å². The molecule has 1 aliphatic rings. The lowest BCUT2D eigenvalue weighted by Gasteiger charge is -2.27. The van der Waals surface area contributed by atoms with Crippen molar-refractivity contribution in [3.05, 3.63) is 95.0 Å². The fourth-order valence-corrected chi connectivity index (χ4v) is 9.77. The monoisotopic (exact) mass is 1170 g/mol. The highest BCUT2D eigenvalue weighted by molar-refractivity contribution is 6.31. The molecule has 8 amide bonds. The van der Waals surface area contributed by atoms with Crippen molar-refractivity contribution in [1.29, 1.82) is 0 Å². The van der Waals surface area contributed by atoms with Crippen molar-refractivity contribution >= 4 is 97.5 Å². The molecule has 0 radical (unpaired) electrons. The van der Waals surface area contributed by atoms with Crippen molar-refractivity contribution in [1.82, 2.24) is 47.6 Å². The van der Waals surface area contributed by atoms with Crippen LogP contribution < -0.4 is 42.5 Å². The van der Waals surface area contributed by atoms with Gasteiger partial charge in [-0.3, -0.25) is 28.8 Å². The minimum Gasteiger partial charge on any atom is -0.445 e. The number of unbranched alkanes of at least 4 members (excludes halogenated alkanes) is 1. The molecule has 5 aromatic carbocycles. The lowest BCUT2D eigenvalue weighted by molar-refractivity contribution is -0.196. The highest BCUT2D eigenvalue weighted by Crippen LogP contribution is 2.36. The SMILES string of the molecule is CC(C)C[C@H](NC(=O)[C@H](C)NC(=O)[C@H](CCCCNC(=O)OCc1ccccc1Cl)NC(=O)[C@H](C)NC(=O)[C@H](Cc1ccc2ccc3cccc4ccc1c2c34)NC(=O)[C@H](C)NC(=O)OC(C)(C)C)C(=O)N[C@@H](C)C(=O)ON1CCCCC1. The zero-order valence-corrected chi connectivity index (χ0v) is 49.6. The third-order valence-corrected chi connectivity index (χ3v) is 14.4. The van der Waals surface area contributed by atoms with Gasteiger partial charge in [0.1, 0.15) is 54.5 Å². The van der Waals surface area contributed by atoms with E-state index in [1.165, 1.54) is 27.7 Å². The van der Waals surface area contributed by atoms with Gasteiger partial charge in [-0.25, -0.2) is 14.4 Å². The fourth-order valence-electron chi connectivity index (χ4n) is 9.58. The average Bonchev–Trinajstić information content (AvgIpc) is 3.62. The maximum atomic E-state index is 14.5. The Bertz CT molecular complexity index is 3090. The molecule has 0 aromatic heterocycles. The third kappa shape index (κ3) is 19.1. The molecule has 5 aromatic rings. The van der Waals surface area contributed by atoms with Crippen molar-refractivity contribution in [3.8, 4) is 0 Å². The minimum absolute atomic E-state index is 0.00258. The Balaban J connectivity index is 1.16. The molecule has 0 bridgehead atoms. The van der Waals surface area contributed by atoms with E-state index in [2.05, 4.69) is 42.5 Å². The van der Waals surface area contributed by atoms with E-state index in [0.717, 1.165) is 57.1 Å². The Hall–Kier alpha value is -7.78. The Morgan fingerprint density at radius 3 is 1.71 bits per heavy atom. The largest absolute Gasteiger partial charge is 0.445 e. The predicted molar refractivity (Wildman–Crippen MR) is 316 cm³/mol. The first kappa shape index (κ1) is 64.4. The molecule has 6 rings (SSSR count). The van der Waals surface area contributed by atoms with E-state index in [-0.39, 0.29) is 44.8 Å². The second-order valence-corrected chi connectivity index (χ2v) is 23.1. The highest BCUT2D eigenvalue weighted by Gasteiger charge is 2.33. The van der Waals surface area contributed by atoms with Crippen molar-refractivity contribution < 1.29 is 57.5 Å². The summed E-state index contributed by atoms with van der Waals surface area (Å²) in [6, 6.07) is 16.4. The van der Waals surface area contributed by atoms with E-state index in [1.807, 2.05) is 68.4 Å². The van der Waals surface area contributed by atoms with Crippen LogP contribution in [0.1, 0.15) is 118 Å². The summed E-state index contributed by atoms with van der Waals surface area (Å²) in [4.78, 5) is 128. The molecule has 7 atom stereocenters. The number of carbonyl (C=O) groups is 9. The first-order chi connectivity index (χ1) is 39.4. The van der Waals surface area contributed by atoms with Crippen molar-refractivity contribution in [3.63, 3.8) is 0 Å². The van der Waals surface area contributed by atoms with Gasteiger partial charge in [0.15, 0.2) is 0 Å². The Kier molecular flexibility index (Phi) is 23.3. The number of hydrogen-bond acceptors (Lipinski definition) is 13. The molecule has 21 nitrogen and oxygen atoms in total. The van der Waals surface area contributed by atoms with Crippen LogP contribution in [-0.4, -0.2) is 126 Å². The molecule has 0 aliphatic carbocycles. The van der Waals surface area contributed by atoms with Gasteiger partial charge in [0, 0.05) is 36.6 Å². The number of hydroxylamine groups is 2. The molecule has 8 N–H and O–H groups in total. The summed E-state index contributed by atoms with van der Waals surface area (Å²) in [5, 5.41) is 29.3. The van der Waals surface area contributed by atoms with E-state index < -0.39 is 101 Å². The number of nitrogens with zero attached hydrogens (tertiary/aromatic N) is 1. The summed E-state index contributed by atoms with van der Waals surface area (Å²) in [5.41, 5.74) is 0.486. The summed E-state index contributed by atoms with van der Waals surface area (Å²) in [5.74, 6) is -5.07. The van der Waals surface area contributed by atoms with Gasteiger partial charge in [-0.15, -0.1) is 5.06 Å². The van der Waals surface area contributed by atoms with Gasteiger partial charge in [-0.1, -0.05) is 105 Å². The van der Waals surface area contributed by atoms with Gasteiger partial charge >= 0.3 is 18.2 Å². The van der Waals surface area contributed by atoms with Gasteiger partial charge in [0.25, 0.3) is 0 Å². The zero-order valence-electron chi connectivity index (χ0n) is 48.8. The molecule has 22 heteroatoms. The van der Waals surface area contributed by atoms with Crippen LogP contribution in [0.25, 0.3) is 32.3 Å². The first-order valence-electron chi connectivity index (χ1n) is 28.4. The van der Waals surface area contributed by atoms with E-state index >= 15 is 0 Å². The topological polar surface area (TPSA) is 281 Å². The molecule has 1 aliphatic heterocycles. The molecule has 0 unspecified atom stereocenters. The van der Waals surface area contributed by atoms with E-state index in [0.29, 0.717) is 30.1 Å². The molecule has 0 saturated carbocycles. The number of piperidine rings is 1. The van der Waals surface area contributed by atoms with Crippen LogP contribution in [0.5, 0.6) is 0 Å². The molecule has 0 spiro atoms. The Labute approximate surface area is 489 Å². The minimum atomic E-state index is -1.30. The van der Waals surface area contributed by atoms with Crippen LogP contribution in [0.4, 0.5) is 9.59 Å². The molecule has 83 heavy (non-hydrogen) atoms. The zero-order chi connectivity index (χ0) is 60.5. The number of hydrogen-bond donors (Lipinski definition) is 8. The summed E-state index contributed by atoms with van der Waals surface area (Å²) < 4.78 is 10.7. The maximum absolute atomic E-state index is 14.5. The standard InChI is InChI=1S/C61H80ClN9O12/c1-35(2)32-48(56(76)66-39(6)58(78)83-71-30-15-10-16-31-71)69-53(73)37(4)64-55(75)47(22-13-14-29-63-59(79)81-34-44-18-11-12-21-46(44)62)68-52(72)36(3)65-57(77)49(70-54(74)38(5)67-60(80)82-61(7,8)9)33-43-26-25-42-24-23-40-19-17-20-41-27-28-45(43)51(42)50(40)41/h11-12,17-21,23-28,35-39,47-49H,10,13-16,22,29-34H2,1-9H3,(H,63,79)(H,64,75)(H,65,77)(H,66,76)(H,67,80)(H,68,72)(H,69,73)(H,70,74)/t36-,37-,38-,39-,47-,48-,49-/m0/s1. The Morgan fingerprint density at radius 2 is 1.08 bits per heavy atom. The first-order valence-corrected chi connectivity index (χ1v) is 28.8. The predicted octanol–water partition coefficient (Wildman–Crippen LogP) is 6.75. The van der Waals surface area contributed by atoms with Crippen LogP contribution in [0.2, 0.25) is 5.02 Å². The summed E-state index contributed by atoms with van der Waals surface area (Å²) >= 11 is 6.20. The Morgan fingerprint density at radius 1 is 0.542 bits per heavy atom. The number of alkyl carbamates (subject to hydrolysis) is 2. The molecule has 1 saturated heterocycles. The fraction of sp³-hybridized carbons (Fsp3) is 0.492. The van der Waals surface area contributed by atoms with Crippen LogP contribution in [0.3, 0.4) is 0 Å². The third-order valence-electron chi connectivity index (χ3n) is 14.0. The van der Waals surface area contributed by atoms with E-state index in [4.69, 9.17) is 25.9 Å². The van der Waals surface area contributed by atoms with Crippen LogP contribution in [-0.2, 0) is 60.9 Å². The van der Waals surface area contributed by atoms with Gasteiger partial charge in [0.2, 0.25) is 35.4 Å². The van der Waals surface area contributed by atoms with Gasteiger partial charge < -0.3 is 56.8 Å². The van der Waals surface area contributed by atoms with Gasteiger partial charge in [-0.05, 0) is 137 Å². The highest BCUT2D eigenvalue weighted by atomic mass is 35.5. The maximum Gasteiger partial charge on any atom is 0.408 e. The number of nitrogens with one attached hydrogen (secondary N) is 8. The normalized spacial score (nSPS) is 15.4. The number of rotatable bonds is 26. The number of carbonyl (C=O) groups excluding carboxylic acids is 9. The van der Waals surface area contributed by atoms with Gasteiger partial charge in [0.05, 0.1) is 0 Å². The molecular weight excluding hydrogens is 1090 g/mol. The average molecular weight is 1170 g/mol. The summed E-state index contributed by atoms with van der Waals surface area (Å²) in [6.07, 6.45) is 2.01. The van der Waals surface area contributed by atoms with Crippen LogP contribution >= 0.6 is 11.6 Å². The number of ether oxygens (including phenoxy) is 2. The summed E-state index contributed by atoms with van der Waals surface area (Å²) in [6.45, 7) is 15.8. The van der Waals surface area contributed by atoms with Crippen LogP contribution in [0, 0.1) is 5.92 Å². The van der Waals surface area contributed by atoms with Gasteiger partial charge in [-0.2, -0.15) is 0 Å². The molecule has 448 valence electrons. The number of benzene rings is 5. The van der Waals surface area contributed by atoms with E-state index in [1.54, 1.807) is 50.1 Å². The quantitative estimate of drug-likeness (QED) is 0.0210. The molecule has 1 heterocycles. The van der Waals surface area contributed by atoms with Crippen LogP contribution in [0.15, 0.2) is 78.9 Å².